The van der Waals surface area contributed by atoms with Crippen molar-refractivity contribution in [1.82, 2.24) is 14.9 Å². The zero-order chi connectivity index (χ0) is 20.5. The van der Waals surface area contributed by atoms with E-state index in [0.717, 1.165) is 27.7 Å². The zero-order valence-electron chi connectivity index (χ0n) is 16.0. The lowest BCUT2D eigenvalue weighted by atomic mass is 10.1. The van der Waals surface area contributed by atoms with E-state index >= 15 is 0 Å². The van der Waals surface area contributed by atoms with E-state index in [0.29, 0.717) is 35.2 Å². The van der Waals surface area contributed by atoms with Crippen LogP contribution in [0.4, 0.5) is 0 Å². The van der Waals surface area contributed by atoms with Crippen molar-refractivity contribution in [3.8, 4) is 0 Å². The summed E-state index contributed by atoms with van der Waals surface area (Å²) in [4.78, 5) is 20.5. The molecule has 3 aliphatic heterocycles. The Bertz CT molecular complexity index is 1570. The van der Waals surface area contributed by atoms with Gasteiger partial charge in [0.1, 0.15) is 11.0 Å². The van der Waals surface area contributed by atoms with Gasteiger partial charge in [-0.05, 0) is 54.5 Å². The molecule has 0 aromatic carbocycles. The maximum Gasteiger partial charge on any atom is 0.253 e. The minimum Gasteiger partial charge on any atom is -0.368 e. The summed E-state index contributed by atoms with van der Waals surface area (Å²) in [6.07, 6.45) is 15.8. The predicted molar refractivity (Wildman–Crippen MR) is 114 cm³/mol. The average molecular weight is 398 g/mol. The van der Waals surface area contributed by atoms with Gasteiger partial charge in [0.15, 0.2) is 5.72 Å². The van der Waals surface area contributed by atoms with Crippen molar-refractivity contribution in [3.05, 3.63) is 91.9 Å². The second-order valence-electron chi connectivity index (χ2n) is 7.76. The van der Waals surface area contributed by atoms with E-state index in [1.807, 2.05) is 42.5 Å². The summed E-state index contributed by atoms with van der Waals surface area (Å²) < 4.78 is 7.03. The third-order valence-corrected chi connectivity index (χ3v) is 5.55. The van der Waals surface area contributed by atoms with Crippen molar-refractivity contribution >= 4 is 29.5 Å². The molecule has 0 fully saturated rings. The first kappa shape index (κ1) is 17.1. The molecule has 7 heteroatoms. The second-order valence-corrected chi connectivity index (χ2v) is 7.76. The van der Waals surface area contributed by atoms with Crippen LogP contribution in [0, 0.1) is 0 Å². The van der Waals surface area contributed by atoms with Gasteiger partial charge < -0.3 is 19.9 Å². The second kappa shape index (κ2) is 5.84. The normalized spacial score (nSPS) is 22.1. The highest BCUT2D eigenvalue weighted by Gasteiger charge is 2.29. The van der Waals surface area contributed by atoms with Gasteiger partial charge in [0.2, 0.25) is 5.58 Å². The first-order chi connectivity index (χ1) is 14.5. The molecule has 7 heterocycles. The number of aromatic amines is 1. The third kappa shape index (κ3) is 2.49. The number of hydrogen-bond acceptors (Lipinski definition) is 5. The van der Waals surface area contributed by atoms with Crippen molar-refractivity contribution in [2.24, 2.45) is 4.99 Å². The molecule has 10 bridgehead atoms. The maximum absolute atomic E-state index is 12.6. The van der Waals surface area contributed by atoms with Crippen molar-refractivity contribution < 1.29 is 9.63 Å². The quantitative estimate of drug-likeness (QED) is 0.529. The molecule has 3 aliphatic rings. The maximum atomic E-state index is 12.6. The van der Waals surface area contributed by atoms with Gasteiger partial charge in [-0.3, -0.25) is 4.79 Å². The number of aromatic nitrogens is 2. The fourth-order valence-electron chi connectivity index (χ4n) is 4.15. The molecule has 0 spiro atoms. The molecule has 0 radical (unpaired) electrons. The third-order valence-electron chi connectivity index (χ3n) is 5.55. The number of allylic oxidation sites excluding steroid dienone is 4. The van der Waals surface area contributed by atoms with E-state index in [9.17, 15) is 9.90 Å². The highest BCUT2D eigenvalue weighted by molar-refractivity contribution is 6.19. The molecule has 30 heavy (non-hydrogen) atoms. The molecule has 7 nitrogen and oxygen atoms in total. The van der Waals surface area contributed by atoms with Crippen LogP contribution in [0.2, 0.25) is 0 Å². The van der Waals surface area contributed by atoms with E-state index in [4.69, 9.17) is 4.52 Å². The average Bonchev–Trinajstić information content (AvgIpc) is 3.47. The SMILES string of the molecule is C=CCc1cc2[nH]c1=CC1(O)CC=C(C=C3C=CC(=N3)C=c3c(=O)c4on3c4C=2)N1. The summed E-state index contributed by atoms with van der Waals surface area (Å²) in [5.74, 6) is 0. The molecule has 0 saturated heterocycles. The van der Waals surface area contributed by atoms with Gasteiger partial charge in [-0.25, -0.2) is 4.99 Å². The summed E-state index contributed by atoms with van der Waals surface area (Å²) in [6, 6.07) is 2.00. The molecule has 1 atom stereocenters. The monoisotopic (exact) mass is 398 g/mol. The predicted octanol–water partition coefficient (Wildman–Crippen LogP) is -0.0303. The number of fused-ring (bicyclic) bond motifs is 5. The van der Waals surface area contributed by atoms with Crippen LogP contribution in [0.5, 0.6) is 0 Å². The zero-order valence-corrected chi connectivity index (χ0v) is 16.0. The van der Waals surface area contributed by atoms with Gasteiger partial charge in [-0.15, -0.1) is 6.58 Å². The van der Waals surface area contributed by atoms with Crippen molar-refractivity contribution in [2.75, 3.05) is 0 Å². The molecule has 7 rings (SSSR count). The van der Waals surface area contributed by atoms with E-state index < -0.39 is 5.72 Å². The molecule has 0 saturated carbocycles. The number of hydrogen-bond donors (Lipinski definition) is 3. The van der Waals surface area contributed by atoms with Gasteiger partial charge in [0.05, 0.1) is 11.4 Å². The molecule has 148 valence electrons. The van der Waals surface area contributed by atoms with Gasteiger partial charge in [-0.1, -0.05) is 12.2 Å². The Kier molecular flexibility index (Phi) is 3.32. The standard InChI is InChI=1S/C23H18N4O3/c1-2-3-13-8-17-11-20-22-21(28)19(27(20)30-22)10-15-5-4-14(24-15)9-16-6-7-23(29,26-16)12-18(13)25-17/h2,4-6,8-12,25-26,29H,1,3,7H2. The minimum absolute atomic E-state index is 0.151. The van der Waals surface area contributed by atoms with Crippen LogP contribution in [0.25, 0.3) is 23.8 Å². The summed E-state index contributed by atoms with van der Waals surface area (Å²) in [6.45, 7) is 3.83. The smallest absolute Gasteiger partial charge is 0.253 e. The highest BCUT2D eigenvalue weighted by Crippen LogP contribution is 2.23. The molecular formula is C23H18N4O3. The highest BCUT2D eigenvalue weighted by atomic mass is 16.5. The number of nitrogens with one attached hydrogen (secondary N) is 2. The molecular weight excluding hydrogens is 380 g/mol. The molecule has 3 N–H and O–H groups in total. The van der Waals surface area contributed by atoms with E-state index in [2.05, 4.69) is 21.9 Å². The minimum atomic E-state index is -1.20. The van der Waals surface area contributed by atoms with Crippen LogP contribution in [0.15, 0.2) is 68.7 Å². The summed E-state index contributed by atoms with van der Waals surface area (Å²) in [7, 11) is 0. The number of aliphatic imine (C=N–C) groups is 1. The van der Waals surface area contributed by atoms with Crippen LogP contribution in [-0.4, -0.2) is 26.1 Å². The number of aliphatic hydroxyl groups is 1. The molecule has 1 unspecified atom stereocenters. The van der Waals surface area contributed by atoms with Gasteiger partial charge >= 0.3 is 0 Å². The fraction of sp³-hybridized carbons (Fsp3) is 0.130. The Balaban J connectivity index is 1.63. The molecule has 4 aromatic rings. The van der Waals surface area contributed by atoms with Crippen molar-refractivity contribution in [2.45, 2.75) is 18.6 Å². The Hall–Kier alpha value is -3.84. The molecule has 4 aromatic heterocycles. The van der Waals surface area contributed by atoms with Crippen LogP contribution in [-0.2, 0) is 6.42 Å². The van der Waals surface area contributed by atoms with E-state index in [-0.39, 0.29) is 5.43 Å². The van der Waals surface area contributed by atoms with Crippen LogP contribution in [0.3, 0.4) is 0 Å². The molecule has 0 aliphatic carbocycles. The lowest BCUT2D eigenvalue weighted by Crippen LogP contribution is -2.39. The van der Waals surface area contributed by atoms with Crippen molar-refractivity contribution in [1.29, 1.82) is 0 Å². The lowest BCUT2D eigenvalue weighted by molar-refractivity contribution is 0.0963. The lowest BCUT2D eigenvalue weighted by Gasteiger charge is -2.20. The van der Waals surface area contributed by atoms with E-state index in [1.54, 1.807) is 12.2 Å². The molecule has 0 amide bonds. The van der Waals surface area contributed by atoms with Crippen LogP contribution in [0.1, 0.15) is 17.7 Å². The number of nitrogens with zero attached hydrogens (tertiary/aromatic N) is 2. The Morgan fingerprint density at radius 2 is 2.23 bits per heavy atom. The Morgan fingerprint density at radius 3 is 3.10 bits per heavy atom. The van der Waals surface area contributed by atoms with Crippen LogP contribution < -0.4 is 26.8 Å². The number of rotatable bonds is 2. The van der Waals surface area contributed by atoms with Crippen LogP contribution >= 0.6 is 0 Å². The topological polar surface area (TPSA) is 95.0 Å². The first-order valence-corrected chi connectivity index (χ1v) is 9.73. The largest absolute Gasteiger partial charge is 0.368 e. The van der Waals surface area contributed by atoms with Gasteiger partial charge in [0, 0.05) is 22.8 Å². The summed E-state index contributed by atoms with van der Waals surface area (Å²) in [5.41, 5.74) is 2.89. The Labute approximate surface area is 170 Å². The Morgan fingerprint density at radius 1 is 1.33 bits per heavy atom. The summed E-state index contributed by atoms with van der Waals surface area (Å²) >= 11 is 0. The fourth-order valence-corrected chi connectivity index (χ4v) is 4.15. The van der Waals surface area contributed by atoms with Gasteiger partial charge in [0.25, 0.3) is 5.43 Å². The number of H-pyrrole nitrogens is 1. The van der Waals surface area contributed by atoms with Gasteiger partial charge in [-0.2, -0.15) is 4.57 Å². The summed E-state index contributed by atoms with van der Waals surface area (Å²) in [5, 5.41) is 16.3. The first-order valence-electron chi connectivity index (χ1n) is 9.73. The van der Waals surface area contributed by atoms with E-state index in [1.165, 1.54) is 4.57 Å². The van der Waals surface area contributed by atoms with Crippen molar-refractivity contribution in [3.63, 3.8) is 0 Å².